The van der Waals surface area contributed by atoms with Crippen LogP contribution < -0.4 is 5.73 Å². The predicted molar refractivity (Wildman–Crippen MR) is 75.9 cm³/mol. The van der Waals surface area contributed by atoms with Crippen molar-refractivity contribution in [3.05, 3.63) is 60.2 Å². The van der Waals surface area contributed by atoms with Crippen molar-refractivity contribution in [2.24, 2.45) is 0 Å². The lowest BCUT2D eigenvalue weighted by Gasteiger charge is -2.18. The van der Waals surface area contributed by atoms with Crippen molar-refractivity contribution in [2.45, 2.75) is 11.4 Å². The first-order valence-electron chi connectivity index (χ1n) is 5.86. The van der Waals surface area contributed by atoms with Gasteiger partial charge in [0.2, 0.25) is 10.0 Å². The zero-order chi connectivity index (χ0) is 13.9. The molecular formula is C14H16N2O2S. The summed E-state index contributed by atoms with van der Waals surface area (Å²) in [6.45, 7) is 0.254. The molecule has 2 N–H and O–H groups in total. The average Bonchev–Trinajstić information content (AvgIpc) is 2.42. The second kappa shape index (κ2) is 5.42. The highest BCUT2D eigenvalue weighted by atomic mass is 32.2. The zero-order valence-electron chi connectivity index (χ0n) is 10.7. The summed E-state index contributed by atoms with van der Waals surface area (Å²) in [7, 11) is -1.93. The second-order valence-electron chi connectivity index (χ2n) is 4.27. The van der Waals surface area contributed by atoms with Crippen LogP contribution in [0, 0.1) is 0 Å². The third-order valence-corrected chi connectivity index (χ3v) is 4.72. The molecule has 19 heavy (non-hydrogen) atoms. The van der Waals surface area contributed by atoms with E-state index in [9.17, 15) is 8.42 Å². The molecule has 0 aliphatic carbocycles. The normalized spacial score (nSPS) is 11.7. The quantitative estimate of drug-likeness (QED) is 0.870. The molecule has 2 rings (SSSR count). The summed E-state index contributed by atoms with van der Waals surface area (Å²) in [6, 6.07) is 15.6. The standard InChI is InChI=1S/C14H16N2O2S/c1-16(11-12-7-5-6-10-14(12)15)19(17,18)13-8-3-2-4-9-13/h2-10H,11,15H2,1H3. The van der Waals surface area contributed by atoms with Crippen molar-refractivity contribution in [3.63, 3.8) is 0 Å². The third kappa shape index (κ3) is 2.94. The molecule has 0 saturated heterocycles. The number of nitrogen functional groups attached to an aromatic ring is 1. The first kappa shape index (κ1) is 13.6. The lowest BCUT2D eigenvalue weighted by atomic mass is 10.2. The molecule has 5 heteroatoms. The van der Waals surface area contributed by atoms with E-state index < -0.39 is 10.0 Å². The number of benzene rings is 2. The maximum atomic E-state index is 12.3. The monoisotopic (exact) mass is 276 g/mol. The topological polar surface area (TPSA) is 63.4 Å². The van der Waals surface area contributed by atoms with Crippen molar-refractivity contribution in [1.29, 1.82) is 0 Å². The molecule has 2 aromatic rings. The molecular weight excluding hydrogens is 260 g/mol. The fourth-order valence-electron chi connectivity index (χ4n) is 1.78. The Bertz CT molecular complexity index is 654. The van der Waals surface area contributed by atoms with Crippen molar-refractivity contribution >= 4 is 15.7 Å². The van der Waals surface area contributed by atoms with Gasteiger partial charge in [0.1, 0.15) is 0 Å². The number of sulfonamides is 1. The van der Waals surface area contributed by atoms with Crippen LogP contribution in [-0.2, 0) is 16.6 Å². The average molecular weight is 276 g/mol. The minimum Gasteiger partial charge on any atom is -0.398 e. The molecule has 0 fully saturated rings. The molecule has 0 unspecified atom stereocenters. The van der Waals surface area contributed by atoms with Gasteiger partial charge in [-0.3, -0.25) is 0 Å². The molecule has 0 amide bonds. The summed E-state index contributed by atoms with van der Waals surface area (Å²) in [4.78, 5) is 0.284. The summed E-state index contributed by atoms with van der Waals surface area (Å²) in [6.07, 6.45) is 0. The first-order valence-corrected chi connectivity index (χ1v) is 7.30. The molecule has 100 valence electrons. The Morgan fingerprint density at radius 1 is 1.00 bits per heavy atom. The fourth-order valence-corrected chi connectivity index (χ4v) is 2.95. The highest BCUT2D eigenvalue weighted by Crippen LogP contribution is 2.18. The largest absolute Gasteiger partial charge is 0.398 e. The van der Waals surface area contributed by atoms with Crippen molar-refractivity contribution in [1.82, 2.24) is 4.31 Å². The van der Waals surface area contributed by atoms with Crippen LogP contribution in [0.4, 0.5) is 5.69 Å². The molecule has 2 aromatic carbocycles. The number of hydrogen-bond donors (Lipinski definition) is 1. The molecule has 0 atom stereocenters. The Kier molecular flexibility index (Phi) is 3.87. The van der Waals surface area contributed by atoms with Gasteiger partial charge in [0.15, 0.2) is 0 Å². The van der Waals surface area contributed by atoms with Crippen LogP contribution in [0.5, 0.6) is 0 Å². The van der Waals surface area contributed by atoms with Gasteiger partial charge in [-0.25, -0.2) is 8.42 Å². The fraction of sp³-hybridized carbons (Fsp3) is 0.143. The molecule has 0 radical (unpaired) electrons. The molecule has 0 saturated carbocycles. The Morgan fingerprint density at radius 3 is 2.21 bits per heavy atom. The third-order valence-electron chi connectivity index (χ3n) is 2.90. The molecule has 4 nitrogen and oxygen atoms in total. The zero-order valence-corrected chi connectivity index (χ0v) is 11.5. The highest BCUT2D eigenvalue weighted by Gasteiger charge is 2.20. The van der Waals surface area contributed by atoms with E-state index in [0.717, 1.165) is 5.56 Å². The van der Waals surface area contributed by atoms with Gasteiger partial charge in [0.25, 0.3) is 0 Å². The van der Waals surface area contributed by atoms with E-state index in [-0.39, 0.29) is 11.4 Å². The van der Waals surface area contributed by atoms with E-state index >= 15 is 0 Å². The number of nitrogens with zero attached hydrogens (tertiary/aromatic N) is 1. The first-order chi connectivity index (χ1) is 9.01. The van der Waals surface area contributed by atoms with Crippen LogP contribution in [0.3, 0.4) is 0 Å². The van der Waals surface area contributed by atoms with Gasteiger partial charge >= 0.3 is 0 Å². The van der Waals surface area contributed by atoms with E-state index in [0.29, 0.717) is 5.69 Å². The molecule has 0 aromatic heterocycles. The van der Waals surface area contributed by atoms with E-state index in [1.165, 1.54) is 4.31 Å². The Morgan fingerprint density at radius 2 is 1.58 bits per heavy atom. The van der Waals surface area contributed by atoms with Gasteiger partial charge in [0, 0.05) is 19.3 Å². The van der Waals surface area contributed by atoms with Crippen LogP contribution in [0.1, 0.15) is 5.56 Å². The summed E-state index contributed by atoms with van der Waals surface area (Å²) in [5.41, 5.74) is 7.22. The lowest BCUT2D eigenvalue weighted by molar-refractivity contribution is 0.467. The van der Waals surface area contributed by atoms with E-state index in [2.05, 4.69) is 0 Å². The van der Waals surface area contributed by atoms with E-state index in [1.54, 1.807) is 43.4 Å². The molecule has 0 bridgehead atoms. The van der Waals surface area contributed by atoms with Crippen LogP contribution in [0.15, 0.2) is 59.5 Å². The molecule has 0 aliphatic rings. The molecule has 0 spiro atoms. The minimum atomic E-state index is -3.48. The van der Waals surface area contributed by atoms with Gasteiger partial charge in [-0.1, -0.05) is 36.4 Å². The summed E-state index contributed by atoms with van der Waals surface area (Å²) < 4.78 is 26.0. The predicted octanol–water partition coefficient (Wildman–Crippen LogP) is 2.09. The smallest absolute Gasteiger partial charge is 0.243 e. The summed E-state index contributed by atoms with van der Waals surface area (Å²) in [5, 5.41) is 0. The Labute approximate surface area is 113 Å². The van der Waals surface area contributed by atoms with Crippen molar-refractivity contribution in [2.75, 3.05) is 12.8 Å². The van der Waals surface area contributed by atoms with Crippen molar-refractivity contribution < 1.29 is 8.42 Å². The van der Waals surface area contributed by atoms with Crippen LogP contribution in [0.2, 0.25) is 0 Å². The maximum absolute atomic E-state index is 12.3. The second-order valence-corrected chi connectivity index (χ2v) is 6.32. The van der Waals surface area contributed by atoms with Crippen LogP contribution in [0.25, 0.3) is 0 Å². The minimum absolute atomic E-state index is 0.254. The van der Waals surface area contributed by atoms with Crippen LogP contribution >= 0.6 is 0 Å². The van der Waals surface area contributed by atoms with Gasteiger partial charge in [-0.05, 0) is 23.8 Å². The number of hydrogen-bond acceptors (Lipinski definition) is 3. The maximum Gasteiger partial charge on any atom is 0.243 e. The van der Waals surface area contributed by atoms with Gasteiger partial charge in [-0.15, -0.1) is 0 Å². The SMILES string of the molecule is CN(Cc1ccccc1N)S(=O)(=O)c1ccccc1. The van der Waals surface area contributed by atoms with E-state index in [4.69, 9.17) is 5.73 Å². The molecule has 0 aliphatic heterocycles. The lowest BCUT2D eigenvalue weighted by Crippen LogP contribution is -2.26. The number of nitrogens with two attached hydrogens (primary N) is 1. The number of anilines is 1. The van der Waals surface area contributed by atoms with Gasteiger partial charge in [0.05, 0.1) is 4.90 Å². The van der Waals surface area contributed by atoms with Crippen LogP contribution in [-0.4, -0.2) is 19.8 Å². The van der Waals surface area contributed by atoms with Gasteiger partial charge in [-0.2, -0.15) is 4.31 Å². The van der Waals surface area contributed by atoms with Gasteiger partial charge < -0.3 is 5.73 Å². The highest BCUT2D eigenvalue weighted by molar-refractivity contribution is 7.89. The Balaban J connectivity index is 2.26. The molecule has 0 heterocycles. The number of para-hydroxylation sites is 1. The van der Waals surface area contributed by atoms with E-state index in [1.807, 2.05) is 18.2 Å². The summed E-state index contributed by atoms with van der Waals surface area (Å²) >= 11 is 0. The van der Waals surface area contributed by atoms with Crippen molar-refractivity contribution in [3.8, 4) is 0 Å². The Hall–Kier alpha value is -1.85. The number of rotatable bonds is 4. The summed E-state index contributed by atoms with van der Waals surface area (Å²) in [5.74, 6) is 0.